The minimum absolute atomic E-state index is 0.00604. The van der Waals surface area contributed by atoms with Crippen molar-refractivity contribution in [3.63, 3.8) is 0 Å². The predicted octanol–water partition coefficient (Wildman–Crippen LogP) is 1.18. The van der Waals surface area contributed by atoms with Gasteiger partial charge in [-0.3, -0.25) is 4.79 Å². The molecule has 0 spiro atoms. The number of rotatable bonds is 5. The van der Waals surface area contributed by atoms with Crippen LogP contribution >= 0.6 is 0 Å². The third-order valence-corrected chi connectivity index (χ3v) is 3.05. The summed E-state index contributed by atoms with van der Waals surface area (Å²) < 4.78 is 0. The van der Waals surface area contributed by atoms with E-state index in [4.69, 9.17) is 5.26 Å². The maximum atomic E-state index is 11.4. The molecule has 2 unspecified atom stereocenters. The quantitative estimate of drug-likeness (QED) is 0.688. The lowest BCUT2D eigenvalue weighted by atomic mass is 9.87. The first kappa shape index (κ1) is 13.0. The zero-order valence-electron chi connectivity index (χ0n) is 9.96. The lowest BCUT2D eigenvalue weighted by Crippen LogP contribution is -2.41. The third kappa shape index (κ3) is 5.13. The standard InChI is InChI=1S/C12H21N3O/c1-10-4-2-5-11(8-10)15-9-12(16)14-7-3-6-13/h10-11,15H,2-5,7-9H2,1H3,(H,14,16). The van der Waals surface area contributed by atoms with Crippen molar-refractivity contribution in [1.82, 2.24) is 10.6 Å². The fourth-order valence-electron chi connectivity index (χ4n) is 2.18. The molecule has 90 valence electrons. The van der Waals surface area contributed by atoms with E-state index in [-0.39, 0.29) is 5.91 Å². The summed E-state index contributed by atoms with van der Waals surface area (Å²) >= 11 is 0. The molecule has 0 aliphatic heterocycles. The van der Waals surface area contributed by atoms with Gasteiger partial charge in [-0.15, -0.1) is 0 Å². The van der Waals surface area contributed by atoms with Crippen molar-refractivity contribution in [2.75, 3.05) is 13.1 Å². The highest BCUT2D eigenvalue weighted by atomic mass is 16.1. The van der Waals surface area contributed by atoms with Gasteiger partial charge in [-0.2, -0.15) is 5.26 Å². The Bertz CT molecular complexity index is 259. The van der Waals surface area contributed by atoms with Crippen LogP contribution in [0.2, 0.25) is 0 Å². The minimum Gasteiger partial charge on any atom is -0.354 e. The molecule has 1 aliphatic rings. The summed E-state index contributed by atoms with van der Waals surface area (Å²) in [7, 11) is 0. The van der Waals surface area contributed by atoms with Crippen molar-refractivity contribution in [2.24, 2.45) is 5.92 Å². The first-order valence-electron chi connectivity index (χ1n) is 6.09. The second-order valence-electron chi connectivity index (χ2n) is 4.61. The van der Waals surface area contributed by atoms with Crippen LogP contribution in [0, 0.1) is 17.2 Å². The topological polar surface area (TPSA) is 64.9 Å². The van der Waals surface area contributed by atoms with Gasteiger partial charge in [-0.1, -0.05) is 19.8 Å². The van der Waals surface area contributed by atoms with Gasteiger partial charge >= 0.3 is 0 Å². The van der Waals surface area contributed by atoms with Crippen LogP contribution in [0.15, 0.2) is 0 Å². The lowest BCUT2D eigenvalue weighted by molar-refractivity contribution is -0.120. The number of amides is 1. The molecule has 1 aliphatic carbocycles. The number of carbonyl (C=O) groups is 1. The smallest absolute Gasteiger partial charge is 0.233 e. The van der Waals surface area contributed by atoms with E-state index < -0.39 is 0 Å². The Morgan fingerprint density at radius 1 is 1.50 bits per heavy atom. The molecule has 0 heterocycles. The third-order valence-electron chi connectivity index (χ3n) is 3.05. The van der Waals surface area contributed by atoms with Crippen molar-refractivity contribution >= 4 is 5.91 Å². The van der Waals surface area contributed by atoms with Gasteiger partial charge in [0.2, 0.25) is 5.91 Å². The summed E-state index contributed by atoms with van der Waals surface area (Å²) in [6.07, 6.45) is 5.30. The Labute approximate surface area is 97.4 Å². The van der Waals surface area contributed by atoms with Crippen LogP contribution in [0.25, 0.3) is 0 Å². The van der Waals surface area contributed by atoms with Crippen LogP contribution < -0.4 is 10.6 Å². The molecule has 0 radical (unpaired) electrons. The molecule has 0 aromatic rings. The average Bonchev–Trinajstić information content (AvgIpc) is 2.27. The summed E-state index contributed by atoms with van der Waals surface area (Å²) in [6, 6.07) is 2.49. The van der Waals surface area contributed by atoms with Crippen molar-refractivity contribution in [1.29, 1.82) is 5.26 Å². The monoisotopic (exact) mass is 223 g/mol. The van der Waals surface area contributed by atoms with Gasteiger partial charge in [-0.05, 0) is 18.8 Å². The number of nitriles is 1. The van der Waals surface area contributed by atoms with Gasteiger partial charge in [0.15, 0.2) is 0 Å². The Kier molecular flexibility index (Phi) is 5.87. The molecule has 1 saturated carbocycles. The second-order valence-corrected chi connectivity index (χ2v) is 4.61. The van der Waals surface area contributed by atoms with Crippen LogP contribution in [-0.2, 0) is 4.79 Å². The van der Waals surface area contributed by atoms with E-state index in [9.17, 15) is 4.79 Å². The summed E-state index contributed by atoms with van der Waals surface area (Å²) in [5.41, 5.74) is 0. The zero-order chi connectivity index (χ0) is 11.8. The molecule has 1 fully saturated rings. The van der Waals surface area contributed by atoms with E-state index in [1.54, 1.807) is 0 Å². The molecule has 16 heavy (non-hydrogen) atoms. The van der Waals surface area contributed by atoms with Crippen molar-refractivity contribution in [3.8, 4) is 6.07 Å². The number of nitrogens with one attached hydrogen (secondary N) is 2. The molecule has 2 atom stereocenters. The fraction of sp³-hybridized carbons (Fsp3) is 0.833. The minimum atomic E-state index is -0.00604. The van der Waals surface area contributed by atoms with E-state index >= 15 is 0 Å². The van der Waals surface area contributed by atoms with Crippen LogP contribution in [0.4, 0.5) is 0 Å². The second kappa shape index (κ2) is 7.24. The lowest BCUT2D eigenvalue weighted by Gasteiger charge is -2.27. The SMILES string of the molecule is CC1CCCC(NCC(=O)NCCC#N)C1. The number of hydrogen-bond donors (Lipinski definition) is 2. The molecule has 4 nitrogen and oxygen atoms in total. The van der Waals surface area contributed by atoms with Crippen molar-refractivity contribution in [3.05, 3.63) is 0 Å². The normalized spacial score (nSPS) is 24.8. The molecule has 1 rings (SSSR count). The van der Waals surface area contributed by atoms with Gasteiger partial charge in [0, 0.05) is 12.6 Å². The number of nitrogens with zero attached hydrogens (tertiary/aromatic N) is 1. The van der Waals surface area contributed by atoms with Crippen LogP contribution in [0.1, 0.15) is 39.0 Å². The van der Waals surface area contributed by atoms with Crippen LogP contribution in [0.5, 0.6) is 0 Å². The maximum absolute atomic E-state index is 11.4. The van der Waals surface area contributed by atoms with Crippen LogP contribution in [0.3, 0.4) is 0 Å². The fourth-order valence-corrected chi connectivity index (χ4v) is 2.18. The Morgan fingerprint density at radius 3 is 3.00 bits per heavy atom. The van der Waals surface area contributed by atoms with Crippen molar-refractivity contribution < 1.29 is 4.79 Å². The van der Waals surface area contributed by atoms with E-state index in [0.29, 0.717) is 25.6 Å². The number of carbonyl (C=O) groups excluding carboxylic acids is 1. The summed E-state index contributed by atoms with van der Waals surface area (Å²) in [6.45, 7) is 3.10. The molecule has 1 amide bonds. The molecule has 0 aromatic carbocycles. The van der Waals surface area contributed by atoms with E-state index in [0.717, 1.165) is 5.92 Å². The number of hydrogen-bond acceptors (Lipinski definition) is 3. The maximum Gasteiger partial charge on any atom is 0.233 e. The summed E-state index contributed by atoms with van der Waals surface area (Å²) in [4.78, 5) is 11.4. The molecule has 0 bridgehead atoms. The van der Waals surface area contributed by atoms with E-state index in [1.165, 1.54) is 25.7 Å². The Morgan fingerprint density at radius 2 is 2.31 bits per heavy atom. The predicted molar refractivity (Wildman–Crippen MR) is 62.7 cm³/mol. The average molecular weight is 223 g/mol. The first-order valence-corrected chi connectivity index (χ1v) is 6.09. The summed E-state index contributed by atoms with van der Waals surface area (Å²) in [5.74, 6) is 0.765. The highest BCUT2D eigenvalue weighted by molar-refractivity contribution is 5.77. The molecule has 0 saturated heterocycles. The van der Waals surface area contributed by atoms with Gasteiger partial charge in [0.25, 0.3) is 0 Å². The molecule has 2 N–H and O–H groups in total. The zero-order valence-corrected chi connectivity index (χ0v) is 9.96. The first-order chi connectivity index (χ1) is 7.72. The van der Waals surface area contributed by atoms with Crippen molar-refractivity contribution in [2.45, 2.75) is 45.1 Å². The Balaban J connectivity index is 2.09. The largest absolute Gasteiger partial charge is 0.354 e. The van der Waals surface area contributed by atoms with Gasteiger partial charge in [0.1, 0.15) is 0 Å². The molecule has 4 heteroatoms. The summed E-state index contributed by atoms with van der Waals surface area (Å²) in [5, 5.41) is 14.3. The highest BCUT2D eigenvalue weighted by Gasteiger charge is 2.18. The van der Waals surface area contributed by atoms with Gasteiger partial charge < -0.3 is 10.6 Å². The van der Waals surface area contributed by atoms with Crippen LogP contribution in [-0.4, -0.2) is 25.0 Å². The van der Waals surface area contributed by atoms with Gasteiger partial charge in [-0.25, -0.2) is 0 Å². The van der Waals surface area contributed by atoms with Gasteiger partial charge in [0.05, 0.1) is 19.0 Å². The van der Waals surface area contributed by atoms with E-state index in [2.05, 4.69) is 17.6 Å². The highest BCUT2D eigenvalue weighted by Crippen LogP contribution is 2.23. The Hall–Kier alpha value is -1.08. The van der Waals surface area contributed by atoms with E-state index in [1.807, 2.05) is 6.07 Å². The molecule has 0 aromatic heterocycles. The molecular formula is C12H21N3O. The molecular weight excluding hydrogens is 202 g/mol.